The van der Waals surface area contributed by atoms with E-state index in [1.807, 2.05) is 0 Å². The molecule has 3 aliphatic rings. The summed E-state index contributed by atoms with van der Waals surface area (Å²) in [7, 11) is 6.47. The summed E-state index contributed by atoms with van der Waals surface area (Å²) in [6.07, 6.45) is 0.00243. The van der Waals surface area contributed by atoms with Gasteiger partial charge in [0.15, 0.2) is 34.7 Å². The molecule has 2 amide bonds. The molecular weight excluding hydrogens is 484 g/mol. The van der Waals surface area contributed by atoms with E-state index in [1.165, 1.54) is 31.1 Å². The fraction of sp³-hybridized carbons (Fsp3) is 0.520. The third-order valence-corrected chi connectivity index (χ3v) is 7.68. The molecule has 4 unspecified atom stereocenters. The number of phenols is 1. The van der Waals surface area contributed by atoms with Gasteiger partial charge in [0.25, 0.3) is 0 Å². The Morgan fingerprint density at radius 2 is 1.76 bits per heavy atom. The molecule has 2 saturated carbocycles. The van der Waals surface area contributed by atoms with E-state index in [9.17, 15) is 39.0 Å². The minimum Gasteiger partial charge on any atom is -0.507 e. The molecule has 0 bridgehead atoms. The van der Waals surface area contributed by atoms with Gasteiger partial charge < -0.3 is 26.2 Å². The van der Waals surface area contributed by atoms with Crippen LogP contribution in [0.1, 0.15) is 22.3 Å². The number of amides is 2. The van der Waals surface area contributed by atoms with E-state index < -0.39 is 70.1 Å². The fourth-order valence-electron chi connectivity index (χ4n) is 6.20. The number of nitrogens with zero attached hydrogens (tertiary/aromatic N) is 2. The predicted molar refractivity (Wildman–Crippen MR) is 129 cm³/mol. The average Bonchev–Trinajstić information content (AvgIpc) is 2.77. The van der Waals surface area contributed by atoms with Crippen LogP contribution >= 0.6 is 0 Å². The number of benzene rings is 1. The van der Waals surface area contributed by atoms with Gasteiger partial charge in [-0.25, -0.2) is 0 Å². The normalized spacial score (nSPS) is 31.2. The Bertz CT molecular complexity index is 1240. The molecule has 1 aromatic carbocycles. The quantitative estimate of drug-likeness (QED) is 0.262. The minimum atomic E-state index is -2.77. The van der Waals surface area contributed by atoms with E-state index in [0.29, 0.717) is 11.3 Å². The van der Waals surface area contributed by atoms with Crippen molar-refractivity contribution in [2.24, 2.45) is 29.4 Å². The van der Waals surface area contributed by atoms with Crippen molar-refractivity contribution in [1.29, 1.82) is 0 Å². The van der Waals surface area contributed by atoms with Gasteiger partial charge >= 0.3 is 0 Å². The maximum atomic E-state index is 13.8. The second-order valence-corrected chi connectivity index (χ2v) is 10.6. The molecule has 12 nitrogen and oxygen atoms in total. The van der Waals surface area contributed by atoms with Gasteiger partial charge in [0.05, 0.1) is 24.1 Å². The Morgan fingerprint density at radius 3 is 2.32 bits per heavy atom. The molecule has 37 heavy (non-hydrogen) atoms. The Hall–Kier alpha value is -3.48. The van der Waals surface area contributed by atoms with Crippen molar-refractivity contribution < 1.29 is 39.0 Å². The molecule has 0 spiro atoms. The summed E-state index contributed by atoms with van der Waals surface area (Å²) >= 11 is 0. The number of ketones is 4. The second kappa shape index (κ2) is 9.12. The number of nitrogens with two attached hydrogens (primary N) is 1. The second-order valence-electron chi connectivity index (χ2n) is 10.6. The topological polar surface area (TPSA) is 187 Å². The zero-order chi connectivity index (χ0) is 27.6. The van der Waals surface area contributed by atoms with E-state index in [-0.39, 0.29) is 30.9 Å². The highest BCUT2D eigenvalue weighted by Gasteiger charge is 2.69. The van der Waals surface area contributed by atoms with Crippen LogP contribution in [-0.4, -0.2) is 101 Å². The monoisotopic (exact) mass is 514 g/mol. The molecule has 12 heteroatoms. The first-order chi connectivity index (χ1) is 17.2. The maximum absolute atomic E-state index is 13.8. The van der Waals surface area contributed by atoms with Crippen LogP contribution in [0.25, 0.3) is 0 Å². The predicted octanol–water partition coefficient (Wildman–Crippen LogP) is -1.63. The number of phenolic OH excluding ortho intramolecular Hbond substituents is 1. The first-order valence-corrected chi connectivity index (χ1v) is 11.9. The molecule has 0 heterocycles. The van der Waals surface area contributed by atoms with Crippen LogP contribution in [0.4, 0.5) is 5.69 Å². The summed E-state index contributed by atoms with van der Waals surface area (Å²) in [4.78, 5) is 81.2. The number of hydrogen-bond donors (Lipinski definition) is 4. The number of likely N-dealkylation sites (N-methyl/N-ethyl adjacent to an activating group) is 2. The third-order valence-electron chi connectivity index (χ3n) is 7.68. The molecule has 3 aliphatic carbocycles. The Morgan fingerprint density at radius 1 is 1.11 bits per heavy atom. The van der Waals surface area contributed by atoms with Gasteiger partial charge in [-0.1, -0.05) is 0 Å². The number of nitrogens with one attached hydrogen (secondary N) is 1. The lowest BCUT2D eigenvalue weighted by atomic mass is 9.52. The van der Waals surface area contributed by atoms with Crippen LogP contribution in [0.15, 0.2) is 12.1 Å². The van der Waals surface area contributed by atoms with Crippen LogP contribution in [0, 0.1) is 23.7 Å². The zero-order valence-corrected chi connectivity index (χ0v) is 21.0. The lowest BCUT2D eigenvalue weighted by Gasteiger charge is -2.52. The average molecular weight is 515 g/mol. The molecule has 2 fully saturated rings. The van der Waals surface area contributed by atoms with Crippen LogP contribution in [0.3, 0.4) is 0 Å². The smallest absolute Gasteiger partial charge is 0.238 e. The number of carbonyl (C=O) groups is 6. The summed E-state index contributed by atoms with van der Waals surface area (Å²) in [6.45, 7) is 0.0685. The summed E-state index contributed by atoms with van der Waals surface area (Å²) in [5.74, 6) is -11.5. The number of fused-ring (bicyclic) bond motifs is 3. The lowest BCUT2D eigenvalue weighted by Crippen LogP contribution is -2.74. The van der Waals surface area contributed by atoms with Crippen molar-refractivity contribution in [3.05, 3.63) is 23.3 Å². The van der Waals surface area contributed by atoms with Gasteiger partial charge in [0.1, 0.15) is 5.75 Å². The van der Waals surface area contributed by atoms with Gasteiger partial charge in [0.2, 0.25) is 11.8 Å². The molecule has 0 aliphatic heterocycles. The van der Waals surface area contributed by atoms with Crippen LogP contribution < -0.4 is 11.1 Å². The minimum absolute atomic E-state index is 0.0648. The molecule has 5 N–H and O–H groups in total. The highest BCUT2D eigenvalue weighted by molar-refractivity contribution is 6.32. The summed E-state index contributed by atoms with van der Waals surface area (Å²) < 4.78 is 0. The molecule has 0 saturated heterocycles. The van der Waals surface area contributed by atoms with E-state index in [0.717, 1.165) is 0 Å². The number of anilines is 1. The van der Waals surface area contributed by atoms with Gasteiger partial charge in [-0.05, 0) is 64.6 Å². The molecule has 198 valence electrons. The van der Waals surface area contributed by atoms with Gasteiger partial charge in [0, 0.05) is 11.6 Å². The number of aromatic hydroxyl groups is 1. The standard InChI is InChI=1S/C25H30N4O8/c1-28(2)9-15(31)27-13-5-6-14(30)17-11(13)7-10-8-12-19(29(3)4)21(33)18(24(26)36)23(35)25(12,37)22(34)16(10)20(17)32/h5-6,10,12,16,18-19,30,37H,7-9H2,1-4H3,(H2,26,36)(H,27,31)/t10?,12?,16?,18?,19-,25-/m0/s1. The molecule has 0 radical (unpaired) electrons. The van der Waals surface area contributed by atoms with Gasteiger partial charge in [-0.15, -0.1) is 0 Å². The van der Waals surface area contributed by atoms with Crippen molar-refractivity contribution in [2.75, 3.05) is 40.1 Å². The number of primary amides is 1. The highest BCUT2D eigenvalue weighted by Crippen LogP contribution is 2.51. The van der Waals surface area contributed by atoms with Crippen LogP contribution in [0.2, 0.25) is 0 Å². The number of hydrogen-bond acceptors (Lipinski definition) is 10. The Labute approximate surface area is 212 Å². The van der Waals surface area contributed by atoms with Crippen molar-refractivity contribution in [3.8, 4) is 5.75 Å². The summed E-state index contributed by atoms with van der Waals surface area (Å²) in [6, 6.07) is 1.51. The first-order valence-electron chi connectivity index (χ1n) is 11.9. The molecule has 0 aromatic heterocycles. The number of aliphatic hydroxyl groups is 1. The summed E-state index contributed by atoms with van der Waals surface area (Å²) in [5.41, 5.74) is 2.99. The highest BCUT2D eigenvalue weighted by atomic mass is 16.3. The largest absolute Gasteiger partial charge is 0.507 e. The van der Waals surface area contributed by atoms with E-state index in [2.05, 4.69) is 5.32 Å². The first kappa shape index (κ1) is 26.6. The molecular formula is C25H30N4O8. The number of rotatable bonds is 5. The number of carbonyl (C=O) groups excluding carboxylic acids is 6. The van der Waals surface area contributed by atoms with Crippen molar-refractivity contribution in [1.82, 2.24) is 9.80 Å². The summed E-state index contributed by atoms with van der Waals surface area (Å²) in [5, 5.41) is 24.8. The zero-order valence-electron chi connectivity index (χ0n) is 21.0. The Balaban J connectivity index is 1.81. The number of Topliss-reactive ketones (excluding diaryl/α,β-unsaturated/α-hetero) is 4. The fourth-order valence-corrected chi connectivity index (χ4v) is 6.20. The van der Waals surface area contributed by atoms with Gasteiger partial charge in [-0.3, -0.25) is 33.7 Å². The van der Waals surface area contributed by atoms with Crippen molar-refractivity contribution in [2.45, 2.75) is 24.5 Å². The van der Waals surface area contributed by atoms with Crippen molar-refractivity contribution in [3.63, 3.8) is 0 Å². The Kier molecular flexibility index (Phi) is 6.55. The van der Waals surface area contributed by atoms with E-state index in [4.69, 9.17) is 5.73 Å². The molecule has 6 atom stereocenters. The molecule has 4 rings (SSSR count). The van der Waals surface area contributed by atoms with E-state index >= 15 is 0 Å². The van der Waals surface area contributed by atoms with Crippen LogP contribution in [-0.2, 0) is 30.4 Å². The van der Waals surface area contributed by atoms with Crippen molar-refractivity contribution >= 4 is 40.6 Å². The SMILES string of the molecule is CN(C)CC(=O)Nc1ccc(O)c2c1CC1CC3[C@H](N(C)C)C(=O)C(C(N)=O)C(=O)[C@@]3(O)C(=O)C1C2=O. The van der Waals surface area contributed by atoms with Gasteiger partial charge in [-0.2, -0.15) is 0 Å². The van der Waals surface area contributed by atoms with E-state index in [1.54, 1.807) is 19.0 Å². The molecule has 1 aromatic rings. The maximum Gasteiger partial charge on any atom is 0.238 e. The van der Waals surface area contributed by atoms with Crippen LogP contribution in [0.5, 0.6) is 5.75 Å². The third kappa shape index (κ3) is 3.95. The lowest BCUT2D eigenvalue weighted by molar-refractivity contribution is -0.181.